The van der Waals surface area contributed by atoms with Crippen LogP contribution in [0, 0.1) is 23.8 Å². The van der Waals surface area contributed by atoms with Gasteiger partial charge in [-0.3, -0.25) is 9.78 Å². The van der Waals surface area contributed by atoms with E-state index in [1.54, 1.807) is 0 Å². The number of ketones is 1. The summed E-state index contributed by atoms with van der Waals surface area (Å²) in [7, 11) is 0. The van der Waals surface area contributed by atoms with Gasteiger partial charge in [0.2, 0.25) is 0 Å². The molecule has 0 atom stereocenters. The largest absolute Gasteiger partial charge is 0.512 e. The molecule has 0 fully saturated rings. The van der Waals surface area contributed by atoms with Crippen LogP contribution < -0.4 is 0 Å². The summed E-state index contributed by atoms with van der Waals surface area (Å²) in [6, 6.07) is 24.8. The van der Waals surface area contributed by atoms with Crippen LogP contribution in [0.15, 0.2) is 76.9 Å². The molecule has 0 saturated heterocycles. The van der Waals surface area contributed by atoms with Crippen LogP contribution in [0.4, 0.5) is 0 Å². The SMILES string of the molecule is CCC(C)(CC)C(=O)/C=C(\O)C(C)(CC)CC.Cc1cccc2ccc3c(-c4[c-]ccc5c4oc4cc(C(C)C)ccc45)nc(C(C)C)nc3c12.[Ir]. The number of carbonyl (C=O) groups excluding carboxylic acids is 1. The third kappa shape index (κ3) is 7.75. The monoisotopic (exact) mass is 876 g/mol. The fourth-order valence-electron chi connectivity index (χ4n) is 6.59. The van der Waals surface area contributed by atoms with Crippen molar-refractivity contribution in [3.8, 4) is 11.3 Å². The summed E-state index contributed by atoms with van der Waals surface area (Å²) in [5.74, 6) is 1.76. The number of aliphatic hydroxyl groups excluding tert-OH is 1. The first-order chi connectivity index (χ1) is 24.2. The third-order valence-corrected chi connectivity index (χ3v) is 11.4. The van der Waals surface area contributed by atoms with Crippen LogP contribution in [0.25, 0.3) is 54.9 Å². The maximum atomic E-state index is 12.2. The maximum absolute atomic E-state index is 12.2. The molecule has 1 N–H and O–H groups in total. The van der Waals surface area contributed by atoms with Gasteiger partial charge in [-0.2, -0.15) is 0 Å². The molecule has 1 radical (unpaired) electrons. The molecule has 0 amide bonds. The number of allylic oxidation sites excluding steroid dienone is 2. The predicted octanol–water partition coefficient (Wildman–Crippen LogP) is 13.4. The van der Waals surface area contributed by atoms with Crippen LogP contribution in [-0.2, 0) is 24.9 Å². The first kappa shape index (κ1) is 40.9. The normalized spacial score (nSPS) is 12.5. The first-order valence-corrected chi connectivity index (χ1v) is 18.7. The van der Waals surface area contributed by atoms with Crippen molar-refractivity contribution in [2.45, 2.75) is 114 Å². The van der Waals surface area contributed by atoms with Gasteiger partial charge in [0.05, 0.1) is 11.1 Å². The average molecular weight is 876 g/mol. The molecule has 2 aromatic heterocycles. The molecule has 0 saturated carbocycles. The minimum absolute atomic E-state index is 0. The Morgan fingerprint density at radius 2 is 1.50 bits per heavy atom. The number of hydrogen-bond donors (Lipinski definition) is 1. The van der Waals surface area contributed by atoms with Gasteiger partial charge in [0.25, 0.3) is 0 Å². The molecule has 6 aromatic rings. The van der Waals surface area contributed by atoms with E-state index >= 15 is 0 Å². The Labute approximate surface area is 323 Å². The molecule has 0 aliphatic heterocycles. The van der Waals surface area contributed by atoms with E-state index in [4.69, 9.17) is 14.4 Å². The van der Waals surface area contributed by atoms with E-state index in [9.17, 15) is 9.90 Å². The molecule has 0 aliphatic carbocycles. The summed E-state index contributed by atoms with van der Waals surface area (Å²) < 4.78 is 6.50. The zero-order chi connectivity index (χ0) is 37.2. The number of carbonyl (C=O) groups is 1. The minimum atomic E-state index is -0.337. The summed E-state index contributed by atoms with van der Waals surface area (Å²) >= 11 is 0. The van der Waals surface area contributed by atoms with Crippen LogP contribution in [0.3, 0.4) is 0 Å². The molecule has 2 heterocycles. The number of fused-ring (bicyclic) bond motifs is 6. The zero-order valence-electron chi connectivity index (χ0n) is 32.8. The molecule has 277 valence electrons. The van der Waals surface area contributed by atoms with Crippen molar-refractivity contribution in [2.24, 2.45) is 10.8 Å². The zero-order valence-corrected chi connectivity index (χ0v) is 35.2. The number of aromatic nitrogens is 2. The molecule has 0 unspecified atom stereocenters. The van der Waals surface area contributed by atoms with Crippen molar-refractivity contribution in [1.29, 1.82) is 0 Å². The van der Waals surface area contributed by atoms with E-state index < -0.39 is 0 Å². The molecule has 0 aliphatic rings. The Bertz CT molecular complexity index is 2240. The van der Waals surface area contributed by atoms with Gasteiger partial charge in [-0.15, -0.1) is 18.2 Å². The fourth-order valence-corrected chi connectivity index (χ4v) is 6.59. The summed E-state index contributed by atoms with van der Waals surface area (Å²) in [5, 5.41) is 15.8. The molecule has 6 heteroatoms. The number of rotatable bonds is 10. The number of aliphatic hydroxyl groups is 1. The summed E-state index contributed by atoms with van der Waals surface area (Å²) in [4.78, 5) is 22.3. The Balaban J connectivity index is 0.000000289. The quantitative estimate of drug-likeness (QED) is 0.0642. The Morgan fingerprint density at radius 3 is 2.12 bits per heavy atom. The molecule has 52 heavy (non-hydrogen) atoms. The second kappa shape index (κ2) is 16.4. The number of furan rings is 1. The van der Waals surface area contributed by atoms with E-state index in [1.165, 1.54) is 28.0 Å². The summed E-state index contributed by atoms with van der Waals surface area (Å²) in [5.41, 5.74) is 6.39. The number of hydrogen-bond acceptors (Lipinski definition) is 5. The van der Waals surface area contributed by atoms with Gasteiger partial charge >= 0.3 is 0 Å². The fraction of sp³-hybridized carbons (Fsp3) is 0.413. The van der Waals surface area contributed by atoms with Crippen molar-refractivity contribution >= 4 is 49.4 Å². The smallest absolute Gasteiger partial charge is 0.164 e. The van der Waals surface area contributed by atoms with Gasteiger partial charge in [0.1, 0.15) is 17.2 Å². The topological polar surface area (TPSA) is 76.2 Å². The number of benzene rings is 4. The van der Waals surface area contributed by atoms with Gasteiger partial charge in [-0.1, -0.05) is 123 Å². The van der Waals surface area contributed by atoms with Gasteiger partial charge in [0.15, 0.2) is 5.78 Å². The van der Waals surface area contributed by atoms with E-state index in [0.29, 0.717) is 5.92 Å². The van der Waals surface area contributed by atoms with E-state index in [1.807, 2.05) is 47.6 Å². The molecule has 0 spiro atoms. The van der Waals surface area contributed by atoms with Crippen LogP contribution in [0.2, 0.25) is 0 Å². The summed E-state index contributed by atoms with van der Waals surface area (Å²) in [6.07, 6.45) is 4.75. The van der Waals surface area contributed by atoms with E-state index in [0.717, 1.165) is 75.6 Å². The Kier molecular flexibility index (Phi) is 12.9. The van der Waals surface area contributed by atoms with Gasteiger partial charge in [0, 0.05) is 59.4 Å². The standard InChI is InChI=1S/C31H27N2O.C15H28O2.Ir/c1-17(2)21-13-14-22-23-10-7-11-25(30(23)34-26(22)16-21)28-24-15-12-20-9-6-8-19(5)27(20)29(24)33-31(32-28)18(3)4;1-7-14(5,8-2)12(16)11-13(17)15(6,9-3)10-4;/h6-10,12-18H,1-5H3;11,16H,7-10H2,1-6H3;/q-1;;/b;12-11-;. The van der Waals surface area contributed by atoms with Crippen molar-refractivity contribution < 1.29 is 34.4 Å². The predicted molar refractivity (Wildman–Crippen MR) is 215 cm³/mol. The average Bonchev–Trinajstić information content (AvgIpc) is 3.52. The summed E-state index contributed by atoms with van der Waals surface area (Å²) in [6.45, 7) is 22.9. The van der Waals surface area contributed by atoms with Crippen LogP contribution in [0.5, 0.6) is 0 Å². The molecule has 6 rings (SSSR count). The van der Waals surface area contributed by atoms with Crippen molar-refractivity contribution in [3.05, 3.63) is 95.5 Å². The third-order valence-electron chi connectivity index (χ3n) is 11.4. The number of aryl methyl sites for hydroxylation is 1. The second-order valence-electron chi connectivity index (χ2n) is 15.3. The van der Waals surface area contributed by atoms with Crippen molar-refractivity contribution in [2.75, 3.05) is 0 Å². The van der Waals surface area contributed by atoms with E-state index in [-0.39, 0.29) is 48.4 Å². The molecule has 4 aromatic carbocycles. The Morgan fingerprint density at radius 1 is 0.846 bits per heavy atom. The second-order valence-corrected chi connectivity index (χ2v) is 15.3. The first-order valence-electron chi connectivity index (χ1n) is 18.7. The van der Waals surface area contributed by atoms with Gasteiger partial charge in [-0.05, 0) is 66.5 Å². The number of nitrogens with zero attached hydrogens (tertiary/aromatic N) is 2. The van der Waals surface area contributed by atoms with E-state index in [2.05, 4.69) is 95.3 Å². The van der Waals surface area contributed by atoms with Gasteiger partial charge < -0.3 is 9.52 Å². The molecular weight excluding hydrogens is 821 g/mol. The maximum Gasteiger partial charge on any atom is 0.164 e. The van der Waals surface area contributed by atoms with Gasteiger partial charge in [-0.25, -0.2) is 4.98 Å². The van der Waals surface area contributed by atoms with Crippen LogP contribution >= 0.6 is 0 Å². The van der Waals surface area contributed by atoms with Crippen molar-refractivity contribution in [3.63, 3.8) is 0 Å². The molecule has 0 bridgehead atoms. The van der Waals surface area contributed by atoms with Crippen LogP contribution in [0.1, 0.15) is 124 Å². The van der Waals surface area contributed by atoms with Crippen molar-refractivity contribution in [1.82, 2.24) is 9.97 Å². The molecular formula is C46H55IrN2O3-. The Hall–Kier alpha value is -3.86. The van der Waals surface area contributed by atoms with Crippen LogP contribution in [-0.4, -0.2) is 20.9 Å². The minimum Gasteiger partial charge on any atom is -0.512 e. The molecule has 5 nitrogen and oxygen atoms in total.